The second-order valence-electron chi connectivity index (χ2n) is 3.65. The molecule has 117 valence electrons. The second kappa shape index (κ2) is 11.6. The van der Waals surface area contributed by atoms with Crippen LogP contribution in [0.5, 0.6) is 11.5 Å². The van der Waals surface area contributed by atoms with Crippen molar-refractivity contribution in [3.05, 3.63) is 59.8 Å². The van der Waals surface area contributed by atoms with E-state index in [1.165, 1.54) is 13.3 Å². The molecule has 0 spiro atoms. The number of ether oxygens (including phenoxy) is 1. The summed E-state index contributed by atoms with van der Waals surface area (Å²) in [6.07, 6.45) is 4.92. The predicted octanol–water partition coefficient (Wildman–Crippen LogP) is 1.25. The number of thiol groups is 1. The average Bonchev–Trinajstić information content (AvgIpc) is 2.51. The Bertz CT molecular complexity index is 570. The molecule has 0 saturated heterocycles. The fourth-order valence-corrected chi connectivity index (χ4v) is 1.34. The van der Waals surface area contributed by atoms with E-state index in [2.05, 4.69) is 27.7 Å². The zero-order valence-corrected chi connectivity index (χ0v) is 13.7. The molecule has 0 aliphatic heterocycles. The normalized spacial score (nSPS) is 9.18. The van der Waals surface area contributed by atoms with E-state index in [1.807, 2.05) is 18.2 Å². The maximum absolute atomic E-state index is 7.72. The first-order chi connectivity index (χ1) is 10.1. The molecule has 0 amide bonds. The van der Waals surface area contributed by atoms with E-state index in [9.17, 15) is 0 Å². The number of methoxy groups -OCH3 is 1. The first-order valence-electron chi connectivity index (χ1n) is 5.94. The molecule has 22 heavy (non-hydrogen) atoms. The Labute approximate surface area is 144 Å². The van der Waals surface area contributed by atoms with Crippen molar-refractivity contribution in [2.75, 3.05) is 7.11 Å². The second-order valence-corrected chi connectivity index (χ2v) is 4.11. The molecule has 1 heterocycles. The topological polar surface area (TPSA) is 97.5 Å². The molecule has 0 atom stereocenters. The Morgan fingerprint density at radius 3 is 2.45 bits per heavy atom. The number of hydrogen-bond acceptors (Lipinski definition) is 3. The molecule has 4 N–H and O–H groups in total. The summed E-state index contributed by atoms with van der Waals surface area (Å²) in [7, 11) is 1.51. The maximum atomic E-state index is 7.72. The number of para-hydroxylation sites is 1. The summed E-state index contributed by atoms with van der Waals surface area (Å²) in [6.45, 7) is 0. The number of hydrogen-bond donors (Lipinski definition) is 1. The first-order valence-corrected chi connectivity index (χ1v) is 6.39. The molecule has 1 aromatic carbocycles. The van der Waals surface area contributed by atoms with E-state index in [1.54, 1.807) is 30.6 Å². The van der Waals surface area contributed by atoms with Gasteiger partial charge in [-0.3, -0.25) is 10.7 Å². The first kappa shape index (κ1) is 20.0. The van der Waals surface area contributed by atoms with Gasteiger partial charge in [0.1, 0.15) is 0 Å². The van der Waals surface area contributed by atoms with Crippen LogP contribution in [0.1, 0.15) is 5.56 Å². The average molecular weight is 364 g/mol. The van der Waals surface area contributed by atoms with Crippen molar-refractivity contribution in [2.24, 2.45) is 10.8 Å². The molecule has 1 radical (unpaired) electrons. The summed E-state index contributed by atoms with van der Waals surface area (Å²) < 4.78 is 4.99. The number of aromatic nitrogens is 1. The summed E-state index contributed by atoms with van der Waals surface area (Å²) in [6, 6.07) is 10.9. The van der Waals surface area contributed by atoms with Crippen LogP contribution in [0.3, 0.4) is 0 Å². The number of nitrogens with two attached hydrogens (primary N) is 1. The number of pyridine rings is 1. The van der Waals surface area contributed by atoms with Crippen LogP contribution in [-0.2, 0) is 29.0 Å². The third-order valence-corrected chi connectivity index (χ3v) is 2.29. The van der Waals surface area contributed by atoms with Gasteiger partial charge in [0.25, 0.3) is 0 Å². The number of benzene rings is 1. The monoisotopic (exact) mass is 364 g/mol. The van der Waals surface area contributed by atoms with Crippen molar-refractivity contribution in [3.63, 3.8) is 0 Å². The molecule has 1 aromatic heterocycles. The number of nitrogens with zero attached hydrogens (tertiary/aromatic N) is 3. The largest absolute Gasteiger partial charge is 2.00 e. The van der Waals surface area contributed by atoms with Gasteiger partial charge in [0.05, 0.1) is 12.7 Å². The Kier molecular flexibility index (Phi) is 10.6. The van der Waals surface area contributed by atoms with Gasteiger partial charge in [-0.05, 0) is 24.3 Å². The van der Waals surface area contributed by atoms with Crippen LogP contribution in [0.15, 0.2) is 53.9 Å². The fraction of sp³-hybridized carbons (Fsp3) is 0.0714. The van der Waals surface area contributed by atoms with E-state index in [-0.39, 0.29) is 27.6 Å². The molecule has 8 heteroatoms. The van der Waals surface area contributed by atoms with Gasteiger partial charge in [-0.25, -0.2) is 0 Å². The molecular weight excluding hydrogens is 347 g/mol. The van der Waals surface area contributed by atoms with E-state index in [0.717, 1.165) is 0 Å². The van der Waals surface area contributed by atoms with E-state index in [0.29, 0.717) is 11.3 Å². The van der Waals surface area contributed by atoms with Gasteiger partial charge in [0, 0.05) is 18.6 Å². The van der Waals surface area contributed by atoms with Gasteiger partial charge in [0.2, 0.25) is 5.75 Å². The van der Waals surface area contributed by atoms with Crippen molar-refractivity contribution in [3.8, 4) is 11.5 Å². The zero-order valence-electron chi connectivity index (χ0n) is 11.8. The Balaban J connectivity index is 0.000000529. The summed E-state index contributed by atoms with van der Waals surface area (Å²) in [5.74, 6) is 0.749. The van der Waals surface area contributed by atoms with Crippen LogP contribution in [0.2, 0.25) is 0 Å². The van der Waals surface area contributed by atoms with Gasteiger partial charge >= 0.3 is 22.5 Å². The van der Waals surface area contributed by atoms with Gasteiger partial charge in [-0.1, -0.05) is 12.1 Å². The molecule has 0 saturated carbocycles. The molecule has 0 aliphatic rings. The van der Waals surface area contributed by atoms with E-state index in [4.69, 9.17) is 15.6 Å². The van der Waals surface area contributed by atoms with Crippen molar-refractivity contribution in [1.29, 1.82) is 0 Å². The number of rotatable bonds is 3. The van der Waals surface area contributed by atoms with Crippen LogP contribution >= 0.6 is 0 Å². The van der Waals surface area contributed by atoms with E-state index >= 15 is 0 Å². The maximum Gasteiger partial charge on any atom is 2.00 e. The van der Waals surface area contributed by atoms with Crippen molar-refractivity contribution >= 4 is 23.5 Å². The molecule has 0 unspecified atom stereocenters. The van der Waals surface area contributed by atoms with Gasteiger partial charge in [-0.2, -0.15) is 0 Å². The third kappa shape index (κ3) is 7.69. The predicted molar refractivity (Wildman–Crippen MR) is 89.2 cm³/mol. The van der Waals surface area contributed by atoms with Crippen LogP contribution in [-0.4, -0.2) is 28.5 Å². The minimum Gasteiger partial charge on any atom is -0.590 e. The molecule has 2 aromatic rings. The molecule has 0 bridgehead atoms. The SMILES string of the molecule is COc1cccc(C=N[N-]C(N)=[SH+])c1[OH2+].[Co+2].c1ccncc1. The third-order valence-electron chi connectivity index (χ3n) is 2.20. The van der Waals surface area contributed by atoms with Crippen molar-refractivity contribution in [2.45, 2.75) is 0 Å². The smallest absolute Gasteiger partial charge is 0.590 e. The van der Waals surface area contributed by atoms with Gasteiger partial charge in [0.15, 0.2) is 17.3 Å². The Hall–Kier alpha value is -2.00. The Morgan fingerprint density at radius 1 is 1.32 bits per heavy atom. The minimum absolute atomic E-state index is 0. The van der Waals surface area contributed by atoms with Crippen molar-refractivity contribution < 1.29 is 26.6 Å². The van der Waals surface area contributed by atoms with Gasteiger partial charge in [-0.15, -0.1) is 0 Å². The van der Waals surface area contributed by atoms with E-state index < -0.39 is 0 Å². The molecule has 2 rings (SSSR count). The van der Waals surface area contributed by atoms with Crippen LogP contribution in [0.25, 0.3) is 5.43 Å². The summed E-state index contributed by atoms with van der Waals surface area (Å²) in [5, 5.41) is 11.5. The summed E-state index contributed by atoms with van der Waals surface area (Å²) in [5.41, 5.74) is 9.30. The summed E-state index contributed by atoms with van der Waals surface area (Å²) >= 11 is 3.75. The van der Waals surface area contributed by atoms with Crippen molar-refractivity contribution in [1.82, 2.24) is 4.98 Å². The van der Waals surface area contributed by atoms with Crippen LogP contribution in [0, 0.1) is 0 Å². The standard InChI is InChI=1S/C9H11N3O2S.C5H5N.Co/c1-14-7-4-2-3-6(8(7)13)5-11-12-9(10)15;1-2-4-6-5-3-1;/h2-5H,1H3,(H4,10,11,12,13,15);1-5H;/q;;+2/p+1. The minimum atomic E-state index is 0. The fourth-order valence-electron chi connectivity index (χ4n) is 1.29. The molecule has 0 aliphatic carbocycles. The zero-order chi connectivity index (χ0) is 15.5. The molecular formula is C14H17CoN4O2S+3. The van der Waals surface area contributed by atoms with Crippen LogP contribution in [0.4, 0.5) is 0 Å². The molecule has 0 fully saturated rings. The quantitative estimate of drug-likeness (QED) is 0.292. The summed E-state index contributed by atoms with van der Waals surface area (Å²) in [4.78, 5) is 3.78. The molecule has 6 nitrogen and oxygen atoms in total. The Morgan fingerprint density at radius 2 is 2.00 bits per heavy atom. The van der Waals surface area contributed by atoms with Gasteiger partial charge < -0.3 is 20.4 Å². The van der Waals surface area contributed by atoms with Crippen LogP contribution < -0.4 is 10.5 Å².